The Morgan fingerprint density at radius 1 is 1.07 bits per heavy atom. The molecule has 6 nitrogen and oxygen atoms in total. The number of pyridine rings is 1. The number of hydrogen-bond acceptors (Lipinski definition) is 4. The van der Waals surface area contributed by atoms with Gasteiger partial charge in [-0.25, -0.2) is 12.8 Å². The van der Waals surface area contributed by atoms with Crippen molar-refractivity contribution in [2.45, 2.75) is 25.3 Å². The molecule has 0 aliphatic rings. The molecule has 0 unspecified atom stereocenters. The smallest absolute Gasteiger partial charge is 0.252 e. The summed E-state index contributed by atoms with van der Waals surface area (Å²) in [6.07, 6.45) is 0. The molecule has 0 atom stereocenters. The van der Waals surface area contributed by atoms with Crippen molar-refractivity contribution in [2.75, 3.05) is 13.2 Å². The standard InChI is InChI=1S/C20H21FN2O4S/c1-13-3-4-14(2)19-18(13)11-15(20(25)22-19)12-23(9-10-24)28(26,27)17-7-5-16(21)6-8-17/h3-8,11,24H,9-10,12H2,1-2H3,(H,22,25). The number of fused-ring (bicyclic) bond motifs is 1. The quantitative estimate of drug-likeness (QED) is 0.660. The highest BCUT2D eigenvalue weighted by Crippen LogP contribution is 2.22. The van der Waals surface area contributed by atoms with Crippen LogP contribution in [0.3, 0.4) is 0 Å². The Hall–Kier alpha value is -2.55. The minimum Gasteiger partial charge on any atom is -0.395 e. The van der Waals surface area contributed by atoms with Crippen LogP contribution in [0.1, 0.15) is 16.7 Å². The molecule has 2 aromatic carbocycles. The highest BCUT2D eigenvalue weighted by Gasteiger charge is 2.25. The van der Waals surface area contributed by atoms with Gasteiger partial charge in [-0.05, 0) is 55.3 Å². The van der Waals surface area contributed by atoms with Crippen LogP contribution < -0.4 is 5.56 Å². The van der Waals surface area contributed by atoms with Crippen LogP contribution in [0.4, 0.5) is 4.39 Å². The number of H-pyrrole nitrogens is 1. The molecule has 3 aromatic rings. The number of aromatic amines is 1. The van der Waals surface area contributed by atoms with Gasteiger partial charge < -0.3 is 10.1 Å². The zero-order chi connectivity index (χ0) is 20.5. The zero-order valence-electron chi connectivity index (χ0n) is 15.6. The van der Waals surface area contributed by atoms with Crippen LogP contribution in [0.5, 0.6) is 0 Å². The highest BCUT2D eigenvalue weighted by atomic mass is 32.2. The predicted octanol–water partition coefficient (Wildman–Crippen LogP) is 2.47. The van der Waals surface area contributed by atoms with Crippen molar-refractivity contribution in [1.82, 2.24) is 9.29 Å². The molecule has 0 radical (unpaired) electrons. The molecule has 0 aliphatic heterocycles. The van der Waals surface area contributed by atoms with E-state index in [1.54, 1.807) is 6.07 Å². The monoisotopic (exact) mass is 404 g/mol. The van der Waals surface area contributed by atoms with E-state index in [1.165, 1.54) is 0 Å². The van der Waals surface area contributed by atoms with Crippen LogP contribution in [0.2, 0.25) is 0 Å². The van der Waals surface area contributed by atoms with E-state index in [9.17, 15) is 22.7 Å². The molecule has 0 bridgehead atoms. The Kier molecular flexibility index (Phi) is 5.64. The Morgan fingerprint density at radius 3 is 2.36 bits per heavy atom. The minimum absolute atomic E-state index is 0.105. The van der Waals surface area contributed by atoms with Gasteiger partial charge in [-0.15, -0.1) is 0 Å². The summed E-state index contributed by atoms with van der Waals surface area (Å²) in [5.41, 5.74) is 2.45. The van der Waals surface area contributed by atoms with E-state index in [4.69, 9.17) is 0 Å². The average Bonchev–Trinajstić information content (AvgIpc) is 2.66. The van der Waals surface area contributed by atoms with Crippen LogP contribution in [-0.4, -0.2) is 36.0 Å². The fourth-order valence-electron chi connectivity index (χ4n) is 3.08. The van der Waals surface area contributed by atoms with Gasteiger partial charge in [-0.1, -0.05) is 12.1 Å². The van der Waals surface area contributed by atoms with Crippen molar-refractivity contribution >= 4 is 20.9 Å². The summed E-state index contributed by atoms with van der Waals surface area (Å²) in [4.78, 5) is 15.3. The van der Waals surface area contributed by atoms with Crippen molar-refractivity contribution in [1.29, 1.82) is 0 Å². The van der Waals surface area contributed by atoms with Gasteiger partial charge in [0.1, 0.15) is 5.82 Å². The first-order valence-corrected chi connectivity index (χ1v) is 10.2. The molecule has 0 saturated carbocycles. The third-order valence-corrected chi connectivity index (χ3v) is 6.53. The number of aliphatic hydroxyl groups is 1. The number of sulfonamides is 1. The average molecular weight is 404 g/mol. The molecule has 0 fully saturated rings. The molecule has 28 heavy (non-hydrogen) atoms. The van der Waals surface area contributed by atoms with Gasteiger partial charge in [0.15, 0.2) is 0 Å². The molecule has 0 spiro atoms. The van der Waals surface area contributed by atoms with Crippen LogP contribution in [0.25, 0.3) is 10.9 Å². The van der Waals surface area contributed by atoms with E-state index in [0.717, 1.165) is 45.1 Å². The molecule has 3 rings (SSSR count). The molecular formula is C20H21FN2O4S. The van der Waals surface area contributed by atoms with E-state index in [2.05, 4.69) is 4.98 Å². The number of aryl methyl sites for hydroxylation is 2. The van der Waals surface area contributed by atoms with Crippen LogP contribution in [0.15, 0.2) is 52.2 Å². The summed E-state index contributed by atoms with van der Waals surface area (Å²) in [5.74, 6) is -0.551. The van der Waals surface area contributed by atoms with Gasteiger partial charge in [-0.3, -0.25) is 4.79 Å². The third-order valence-electron chi connectivity index (χ3n) is 4.67. The summed E-state index contributed by atoms with van der Waals surface area (Å²) in [7, 11) is -4.01. The molecule has 0 aliphatic carbocycles. The van der Waals surface area contributed by atoms with E-state index < -0.39 is 28.0 Å². The molecule has 0 amide bonds. The summed E-state index contributed by atoms with van der Waals surface area (Å²) in [5, 5.41) is 10.2. The summed E-state index contributed by atoms with van der Waals surface area (Å²) in [6.45, 7) is 2.98. The van der Waals surface area contributed by atoms with Crippen LogP contribution >= 0.6 is 0 Å². The number of hydrogen-bond donors (Lipinski definition) is 2. The normalized spacial score (nSPS) is 12.0. The van der Waals surface area contributed by atoms with E-state index in [-0.39, 0.29) is 23.5 Å². The van der Waals surface area contributed by atoms with E-state index in [1.807, 2.05) is 26.0 Å². The largest absolute Gasteiger partial charge is 0.395 e. The van der Waals surface area contributed by atoms with Gasteiger partial charge in [-0.2, -0.15) is 4.31 Å². The van der Waals surface area contributed by atoms with Gasteiger partial charge in [0.05, 0.1) is 17.0 Å². The van der Waals surface area contributed by atoms with E-state index in [0.29, 0.717) is 5.52 Å². The second-order valence-electron chi connectivity index (χ2n) is 6.63. The first-order chi connectivity index (χ1) is 13.2. The second kappa shape index (κ2) is 7.83. The van der Waals surface area contributed by atoms with Crippen molar-refractivity contribution in [3.63, 3.8) is 0 Å². The maximum Gasteiger partial charge on any atom is 0.252 e. The zero-order valence-corrected chi connectivity index (χ0v) is 16.4. The Morgan fingerprint density at radius 2 is 1.71 bits per heavy atom. The Labute approximate surface area is 162 Å². The van der Waals surface area contributed by atoms with Gasteiger partial charge >= 0.3 is 0 Å². The number of aliphatic hydroxyl groups excluding tert-OH is 1. The lowest BCUT2D eigenvalue weighted by atomic mass is 10.0. The fourth-order valence-corrected chi connectivity index (χ4v) is 4.49. The summed E-state index contributed by atoms with van der Waals surface area (Å²) < 4.78 is 40.0. The third kappa shape index (κ3) is 3.84. The number of nitrogens with zero attached hydrogens (tertiary/aromatic N) is 1. The highest BCUT2D eigenvalue weighted by molar-refractivity contribution is 7.89. The predicted molar refractivity (Wildman–Crippen MR) is 105 cm³/mol. The fraction of sp³-hybridized carbons (Fsp3) is 0.250. The minimum atomic E-state index is -4.01. The lowest BCUT2D eigenvalue weighted by molar-refractivity contribution is 0.251. The number of nitrogens with one attached hydrogen (secondary N) is 1. The SMILES string of the molecule is Cc1ccc(C)c2[nH]c(=O)c(CN(CCO)S(=O)(=O)c3ccc(F)cc3)cc12. The first kappa shape index (κ1) is 20.2. The van der Waals surface area contributed by atoms with Crippen molar-refractivity contribution in [3.8, 4) is 0 Å². The molecule has 148 valence electrons. The lowest BCUT2D eigenvalue weighted by Gasteiger charge is -2.21. The van der Waals surface area contributed by atoms with Crippen molar-refractivity contribution < 1.29 is 17.9 Å². The number of aromatic nitrogens is 1. The molecule has 2 N–H and O–H groups in total. The maximum atomic E-state index is 13.1. The number of halogens is 1. The first-order valence-electron chi connectivity index (χ1n) is 8.72. The maximum absolute atomic E-state index is 13.1. The summed E-state index contributed by atoms with van der Waals surface area (Å²) >= 11 is 0. The van der Waals surface area contributed by atoms with Gasteiger partial charge in [0.2, 0.25) is 10.0 Å². The Bertz CT molecular complexity index is 1170. The number of rotatable bonds is 6. The second-order valence-corrected chi connectivity index (χ2v) is 8.57. The van der Waals surface area contributed by atoms with Crippen LogP contribution in [-0.2, 0) is 16.6 Å². The summed E-state index contributed by atoms with van der Waals surface area (Å²) in [6, 6.07) is 9.95. The molecule has 0 saturated heterocycles. The molecule has 1 aromatic heterocycles. The molecular weight excluding hydrogens is 383 g/mol. The lowest BCUT2D eigenvalue weighted by Crippen LogP contribution is -2.35. The Balaban J connectivity index is 2.05. The van der Waals surface area contributed by atoms with E-state index >= 15 is 0 Å². The van der Waals surface area contributed by atoms with Gasteiger partial charge in [0.25, 0.3) is 5.56 Å². The van der Waals surface area contributed by atoms with Gasteiger partial charge in [0, 0.05) is 24.0 Å². The van der Waals surface area contributed by atoms with Crippen molar-refractivity contribution in [2.24, 2.45) is 0 Å². The number of benzene rings is 2. The van der Waals surface area contributed by atoms with Crippen molar-refractivity contribution in [3.05, 3.63) is 75.3 Å². The van der Waals surface area contributed by atoms with Crippen LogP contribution in [0, 0.1) is 19.7 Å². The molecule has 1 heterocycles. The topological polar surface area (TPSA) is 90.5 Å². The molecule has 8 heteroatoms.